The third-order valence-corrected chi connectivity index (χ3v) is 3.24. The number of halogens is 2. The number of aromatic nitrogens is 1. The van der Waals surface area contributed by atoms with Gasteiger partial charge in [-0.1, -0.05) is 6.07 Å². The Morgan fingerprint density at radius 1 is 1.17 bits per heavy atom. The maximum Gasteiger partial charge on any atom is 0.240 e. The lowest BCUT2D eigenvalue weighted by Crippen LogP contribution is -2.15. The van der Waals surface area contributed by atoms with Crippen LogP contribution in [0.25, 0.3) is 11.1 Å². The first-order valence-corrected chi connectivity index (χ1v) is 6.37. The number of nitrogens with zero attached hydrogens (tertiary/aromatic N) is 1. The van der Waals surface area contributed by atoms with E-state index in [-0.39, 0.29) is 5.56 Å². The summed E-state index contributed by atoms with van der Waals surface area (Å²) < 4.78 is 49.9. The van der Waals surface area contributed by atoms with Gasteiger partial charge in [0.05, 0.1) is 5.56 Å². The van der Waals surface area contributed by atoms with Crippen molar-refractivity contribution in [3.63, 3.8) is 0 Å². The molecular weight excluding hydrogens is 262 g/mol. The van der Waals surface area contributed by atoms with E-state index in [9.17, 15) is 17.2 Å². The first-order chi connectivity index (χ1) is 8.41. The van der Waals surface area contributed by atoms with Gasteiger partial charge in [-0.15, -0.1) is 0 Å². The summed E-state index contributed by atoms with van der Waals surface area (Å²) in [6, 6.07) is 4.55. The van der Waals surface area contributed by atoms with Crippen LogP contribution in [0.4, 0.5) is 8.78 Å². The second-order valence-electron chi connectivity index (χ2n) is 3.52. The molecule has 94 valence electrons. The summed E-state index contributed by atoms with van der Waals surface area (Å²) >= 11 is 0. The van der Waals surface area contributed by atoms with E-state index in [4.69, 9.17) is 5.14 Å². The van der Waals surface area contributed by atoms with Gasteiger partial charge in [-0.25, -0.2) is 22.3 Å². The van der Waals surface area contributed by atoms with E-state index in [0.717, 1.165) is 12.1 Å². The summed E-state index contributed by atoms with van der Waals surface area (Å²) in [5.41, 5.74) is -0.326. The number of benzene rings is 1. The normalized spacial score (nSPS) is 11.5. The molecule has 1 heterocycles. The van der Waals surface area contributed by atoms with Crippen LogP contribution in [0, 0.1) is 11.6 Å². The zero-order chi connectivity index (χ0) is 13.3. The first-order valence-electron chi connectivity index (χ1n) is 4.82. The van der Waals surface area contributed by atoms with Crippen molar-refractivity contribution in [3.8, 4) is 11.1 Å². The molecular formula is C11H8F2N2O2S. The van der Waals surface area contributed by atoms with Crippen LogP contribution in [0.15, 0.2) is 41.6 Å². The summed E-state index contributed by atoms with van der Waals surface area (Å²) in [7, 11) is -4.24. The molecule has 2 rings (SSSR count). The average molecular weight is 270 g/mol. The fraction of sp³-hybridized carbons (Fsp3) is 0. The van der Waals surface area contributed by atoms with Crippen molar-refractivity contribution in [2.75, 3.05) is 0 Å². The molecule has 2 N–H and O–H groups in total. The zero-order valence-corrected chi connectivity index (χ0v) is 9.79. The second-order valence-corrected chi connectivity index (χ2v) is 5.05. The quantitative estimate of drug-likeness (QED) is 0.902. The molecule has 0 aliphatic rings. The number of hydrogen-bond acceptors (Lipinski definition) is 3. The molecule has 0 bridgehead atoms. The highest BCUT2D eigenvalue weighted by atomic mass is 32.2. The molecule has 4 nitrogen and oxygen atoms in total. The lowest BCUT2D eigenvalue weighted by molar-refractivity contribution is 0.554. The molecule has 0 aliphatic heterocycles. The maximum atomic E-state index is 14.0. The van der Waals surface area contributed by atoms with Gasteiger partial charge in [0.15, 0.2) is 5.82 Å². The van der Waals surface area contributed by atoms with Crippen molar-refractivity contribution >= 4 is 10.0 Å². The van der Waals surface area contributed by atoms with Gasteiger partial charge in [0.25, 0.3) is 0 Å². The van der Waals surface area contributed by atoms with Crippen molar-refractivity contribution in [2.24, 2.45) is 5.14 Å². The van der Waals surface area contributed by atoms with E-state index in [1.807, 2.05) is 0 Å². The van der Waals surface area contributed by atoms with Crippen molar-refractivity contribution < 1.29 is 17.2 Å². The molecule has 1 aromatic heterocycles. The Balaban J connectivity index is 2.76. The van der Waals surface area contributed by atoms with E-state index in [2.05, 4.69) is 4.98 Å². The fourth-order valence-electron chi connectivity index (χ4n) is 1.53. The Labute approximate surface area is 102 Å². The number of pyridine rings is 1. The van der Waals surface area contributed by atoms with Crippen molar-refractivity contribution in [3.05, 3.63) is 48.3 Å². The van der Waals surface area contributed by atoms with Crippen molar-refractivity contribution in [2.45, 2.75) is 4.90 Å². The Bertz CT molecular complexity index is 688. The Morgan fingerprint density at radius 3 is 2.44 bits per heavy atom. The SMILES string of the molecule is NS(=O)(=O)c1ccc(F)c(-c2cccnc2)c1F. The van der Waals surface area contributed by atoms with Gasteiger partial charge in [-0.2, -0.15) is 0 Å². The minimum absolute atomic E-state index is 0.137. The van der Waals surface area contributed by atoms with Crippen LogP contribution >= 0.6 is 0 Å². The molecule has 0 unspecified atom stereocenters. The molecule has 0 amide bonds. The average Bonchev–Trinajstić information content (AvgIpc) is 2.28. The van der Waals surface area contributed by atoms with Gasteiger partial charge in [0.2, 0.25) is 10.0 Å². The van der Waals surface area contributed by atoms with Crippen LogP contribution in [0.5, 0.6) is 0 Å². The van der Waals surface area contributed by atoms with Crippen molar-refractivity contribution in [1.29, 1.82) is 0 Å². The number of nitrogens with two attached hydrogens (primary N) is 1. The van der Waals surface area contributed by atoms with Crippen LogP contribution in [0.3, 0.4) is 0 Å². The van der Waals surface area contributed by atoms with E-state index in [0.29, 0.717) is 0 Å². The summed E-state index contributed by atoms with van der Waals surface area (Å²) in [6.45, 7) is 0. The smallest absolute Gasteiger partial charge is 0.240 e. The van der Waals surface area contributed by atoms with Crippen LogP contribution < -0.4 is 5.14 Å². The fourth-order valence-corrected chi connectivity index (χ4v) is 2.14. The number of hydrogen-bond donors (Lipinski definition) is 1. The summed E-state index contributed by atoms with van der Waals surface area (Å²) in [6.07, 6.45) is 2.66. The van der Waals surface area contributed by atoms with E-state index in [1.54, 1.807) is 0 Å². The van der Waals surface area contributed by atoms with E-state index < -0.39 is 32.1 Å². The van der Waals surface area contributed by atoms with Gasteiger partial charge in [-0.05, 0) is 18.2 Å². The first kappa shape index (κ1) is 12.6. The van der Waals surface area contributed by atoms with Crippen LogP contribution in [0.2, 0.25) is 0 Å². The molecule has 0 radical (unpaired) electrons. The number of rotatable bonds is 2. The standard InChI is InChI=1S/C11H8F2N2O2S/c12-8-3-4-9(18(14,16)17)11(13)10(8)7-2-1-5-15-6-7/h1-6H,(H2,14,16,17). The molecule has 0 spiro atoms. The Hall–Kier alpha value is -1.86. The highest BCUT2D eigenvalue weighted by Crippen LogP contribution is 2.29. The van der Waals surface area contributed by atoms with Crippen molar-refractivity contribution in [1.82, 2.24) is 4.98 Å². The molecule has 0 fully saturated rings. The highest BCUT2D eigenvalue weighted by molar-refractivity contribution is 7.89. The molecule has 1 aromatic carbocycles. The summed E-state index contributed by atoms with van der Waals surface area (Å²) in [5, 5.41) is 4.85. The zero-order valence-electron chi connectivity index (χ0n) is 8.97. The Morgan fingerprint density at radius 2 is 1.89 bits per heavy atom. The van der Waals surface area contributed by atoms with Gasteiger partial charge in [-0.3, -0.25) is 4.98 Å². The largest absolute Gasteiger partial charge is 0.264 e. The van der Waals surface area contributed by atoms with Gasteiger partial charge >= 0.3 is 0 Å². The molecule has 0 saturated carbocycles. The summed E-state index contributed by atoms with van der Waals surface area (Å²) in [4.78, 5) is 2.97. The highest BCUT2D eigenvalue weighted by Gasteiger charge is 2.21. The molecule has 0 saturated heterocycles. The molecule has 18 heavy (non-hydrogen) atoms. The van der Waals surface area contributed by atoms with Crippen LogP contribution in [-0.4, -0.2) is 13.4 Å². The Kier molecular flexibility index (Phi) is 3.10. The minimum Gasteiger partial charge on any atom is -0.264 e. The van der Waals surface area contributed by atoms with Gasteiger partial charge in [0, 0.05) is 18.0 Å². The molecule has 7 heteroatoms. The molecule has 0 aliphatic carbocycles. The minimum atomic E-state index is -4.24. The number of sulfonamides is 1. The summed E-state index contributed by atoms with van der Waals surface area (Å²) in [5.74, 6) is -2.10. The van der Waals surface area contributed by atoms with Gasteiger partial charge < -0.3 is 0 Å². The maximum absolute atomic E-state index is 14.0. The lowest BCUT2D eigenvalue weighted by Gasteiger charge is -2.08. The molecule has 0 atom stereocenters. The van der Waals surface area contributed by atoms with Gasteiger partial charge in [0.1, 0.15) is 10.7 Å². The van der Waals surface area contributed by atoms with Crippen LogP contribution in [-0.2, 0) is 10.0 Å². The lowest BCUT2D eigenvalue weighted by atomic mass is 10.1. The second kappa shape index (κ2) is 4.43. The van der Waals surface area contributed by atoms with Crippen LogP contribution in [0.1, 0.15) is 0 Å². The predicted octanol–water partition coefficient (Wildman–Crippen LogP) is 1.67. The van der Waals surface area contributed by atoms with E-state index >= 15 is 0 Å². The third-order valence-electron chi connectivity index (χ3n) is 2.31. The monoisotopic (exact) mass is 270 g/mol. The molecule has 2 aromatic rings. The third kappa shape index (κ3) is 2.22. The predicted molar refractivity (Wildman–Crippen MR) is 61.0 cm³/mol. The number of primary sulfonamides is 1. The topological polar surface area (TPSA) is 73.1 Å². The van der Waals surface area contributed by atoms with E-state index in [1.165, 1.54) is 24.5 Å².